The Labute approximate surface area is 124 Å². The maximum Gasteiger partial charge on any atom is 0.165 e. The SMILES string of the molecule is CNC(c1ccc(OC)c(F)c1)c1cc(C)c(Br)s1. The molecule has 2 aromatic rings. The number of thiophene rings is 1. The smallest absolute Gasteiger partial charge is 0.165 e. The Kier molecular flexibility index (Phi) is 4.60. The van der Waals surface area contributed by atoms with Crippen LogP contribution in [0.3, 0.4) is 0 Å². The molecule has 1 aromatic heterocycles. The molecule has 0 amide bonds. The van der Waals surface area contributed by atoms with Gasteiger partial charge in [-0.1, -0.05) is 6.07 Å². The molecule has 0 radical (unpaired) electrons. The standard InChI is InChI=1S/C14H15BrFNOS/c1-8-6-12(19-14(8)15)13(17-2)9-4-5-11(18-3)10(16)7-9/h4-7,13,17H,1-3H3. The predicted octanol–water partition coefficient (Wildman–Crippen LogP) is 4.28. The molecule has 0 aliphatic rings. The fraction of sp³-hybridized carbons (Fsp3) is 0.286. The quantitative estimate of drug-likeness (QED) is 0.894. The van der Waals surface area contributed by atoms with Crippen molar-refractivity contribution in [3.05, 3.63) is 49.9 Å². The minimum Gasteiger partial charge on any atom is -0.494 e. The zero-order valence-electron chi connectivity index (χ0n) is 11.0. The van der Waals surface area contributed by atoms with Gasteiger partial charge in [-0.3, -0.25) is 0 Å². The predicted molar refractivity (Wildman–Crippen MR) is 80.6 cm³/mol. The van der Waals surface area contributed by atoms with Crippen LogP contribution in [0.2, 0.25) is 0 Å². The van der Waals surface area contributed by atoms with Gasteiger partial charge in [0.25, 0.3) is 0 Å². The van der Waals surface area contributed by atoms with E-state index in [4.69, 9.17) is 4.74 Å². The van der Waals surface area contributed by atoms with Crippen LogP contribution in [0.25, 0.3) is 0 Å². The molecule has 1 aromatic carbocycles. The summed E-state index contributed by atoms with van der Waals surface area (Å²) in [7, 11) is 3.34. The molecule has 2 nitrogen and oxygen atoms in total. The topological polar surface area (TPSA) is 21.3 Å². The van der Waals surface area contributed by atoms with E-state index in [-0.39, 0.29) is 17.6 Å². The molecule has 0 aliphatic carbocycles. The van der Waals surface area contributed by atoms with Crippen LogP contribution in [0.4, 0.5) is 4.39 Å². The lowest BCUT2D eigenvalue weighted by Gasteiger charge is -2.15. The number of ether oxygens (including phenoxy) is 1. The van der Waals surface area contributed by atoms with Crippen LogP contribution in [0.1, 0.15) is 22.0 Å². The van der Waals surface area contributed by atoms with E-state index in [9.17, 15) is 4.39 Å². The fourth-order valence-corrected chi connectivity index (χ4v) is 3.67. The van der Waals surface area contributed by atoms with Crippen LogP contribution >= 0.6 is 27.3 Å². The number of hydrogen-bond acceptors (Lipinski definition) is 3. The van der Waals surface area contributed by atoms with Gasteiger partial charge >= 0.3 is 0 Å². The number of nitrogens with one attached hydrogen (secondary N) is 1. The molecule has 0 aliphatic heterocycles. The molecule has 0 bridgehead atoms. The average molecular weight is 344 g/mol. The first-order chi connectivity index (χ1) is 9.06. The molecule has 5 heteroatoms. The van der Waals surface area contributed by atoms with E-state index in [1.807, 2.05) is 20.0 Å². The number of hydrogen-bond donors (Lipinski definition) is 1. The number of benzene rings is 1. The molecule has 1 unspecified atom stereocenters. The van der Waals surface area contributed by atoms with Crippen molar-refractivity contribution >= 4 is 27.3 Å². The monoisotopic (exact) mass is 343 g/mol. The summed E-state index contributed by atoms with van der Waals surface area (Å²) in [6.45, 7) is 2.05. The second-order valence-corrected chi connectivity index (χ2v) is 6.62. The summed E-state index contributed by atoms with van der Waals surface area (Å²) in [5.41, 5.74) is 2.07. The van der Waals surface area contributed by atoms with Crippen LogP contribution in [-0.2, 0) is 0 Å². The third-order valence-corrected chi connectivity index (χ3v) is 5.16. The van der Waals surface area contributed by atoms with E-state index in [1.54, 1.807) is 17.4 Å². The van der Waals surface area contributed by atoms with Gasteiger partial charge in [-0.25, -0.2) is 4.39 Å². The normalized spacial score (nSPS) is 12.5. The highest BCUT2D eigenvalue weighted by Crippen LogP contribution is 2.35. The van der Waals surface area contributed by atoms with Crippen molar-refractivity contribution in [2.24, 2.45) is 0 Å². The minimum atomic E-state index is -0.340. The summed E-state index contributed by atoms with van der Waals surface area (Å²) < 4.78 is 19.8. The van der Waals surface area contributed by atoms with Gasteiger partial charge < -0.3 is 10.1 Å². The Morgan fingerprint density at radius 2 is 2.11 bits per heavy atom. The molecule has 1 N–H and O–H groups in total. The number of rotatable bonds is 4. The van der Waals surface area contributed by atoms with Gasteiger partial charge in [-0.05, 0) is 59.2 Å². The van der Waals surface area contributed by atoms with Crippen molar-refractivity contribution in [2.45, 2.75) is 13.0 Å². The third-order valence-electron chi connectivity index (χ3n) is 2.96. The van der Waals surface area contributed by atoms with Crippen molar-refractivity contribution in [3.63, 3.8) is 0 Å². The summed E-state index contributed by atoms with van der Waals surface area (Å²) in [5, 5.41) is 3.22. The van der Waals surface area contributed by atoms with Gasteiger partial charge in [-0.2, -0.15) is 0 Å². The van der Waals surface area contributed by atoms with E-state index in [0.29, 0.717) is 0 Å². The fourth-order valence-electron chi connectivity index (χ4n) is 1.96. The molecule has 0 saturated heterocycles. The van der Waals surface area contributed by atoms with E-state index < -0.39 is 0 Å². The Morgan fingerprint density at radius 3 is 2.58 bits per heavy atom. The van der Waals surface area contributed by atoms with Crippen LogP contribution in [0.5, 0.6) is 5.75 Å². The Bertz CT molecular complexity index is 565. The molecule has 0 spiro atoms. The lowest BCUT2D eigenvalue weighted by molar-refractivity contribution is 0.386. The van der Waals surface area contributed by atoms with Crippen molar-refractivity contribution in [2.75, 3.05) is 14.2 Å². The van der Waals surface area contributed by atoms with E-state index >= 15 is 0 Å². The molecular weight excluding hydrogens is 329 g/mol. The lowest BCUT2D eigenvalue weighted by Crippen LogP contribution is -2.16. The molecule has 1 heterocycles. The molecule has 19 heavy (non-hydrogen) atoms. The zero-order valence-corrected chi connectivity index (χ0v) is 13.4. The first kappa shape index (κ1) is 14.5. The summed E-state index contributed by atoms with van der Waals surface area (Å²) in [6, 6.07) is 7.15. The van der Waals surface area contributed by atoms with Crippen molar-refractivity contribution in [1.82, 2.24) is 5.32 Å². The number of aryl methyl sites for hydroxylation is 1. The summed E-state index contributed by atoms with van der Waals surface area (Å²) in [6.07, 6.45) is 0. The van der Waals surface area contributed by atoms with Crippen molar-refractivity contribution in [3.8, 4) is 5.75 Å². The Balaban J connectivity index is 2.39. The molecular formula is C14H15BrFNOS. The molecule has 2 rings (SSSR count). The first-order valence-electron chi connectivity index (χ1n) is 5.83. The second-order valence-electron chi connectivity index (χ2n) is 4.22. The zero-order chi connectivity index (χ0) is 14.0. The van der Waals surface area contributed by atoms with Crippen LogP contribution in [0, 0.1) is 12.7 Å². The van der Waals surface area contributed by atoms with Crippen molar-refractivity contribution < 1.29 is 9.13 Å². The van der Waals surface area contributed by atoms with E-state index in [2.05, 4.69) is 27.3 Å². The highest BCUT2D eigenvalue weighted by atomic mass is 79.9. The number of halogens is 2. The molecule has 0 saturated carbocycles. The van der Waals surface area contributed by atoms with Gasteiger partial charge in [0.1, 0.15) is 0 Å². The Morgan fingerprint density at radius 1 is 1.37 bits per heavy atom. The van der Waals surface area contributed by atoms with Crippen LogP contribution in [-0.4, -0.2) is 14.2 Å². The van der Waals surface area contributed by atoms with Crippen LogP contribution in [0.15, 0.2) is 28.1 Å². The molecule has 102 valence electrons. The van der Waals surface area contributed by atoms with Gasteiger partial charge in [0.05, 0.1) is 16.9 Å². The lowest BCUT2D eigenvalue weighted by atomic mass is 10.0. The second kappa shape index (κ2) is 6.03. The van der Waals surface area contributed by atoms with Gasteiger partial charge in [0.2, 0.25) is 0 Å². The maximum atomic E-state index is 13.8. The summed E-state index contributed by atoms with van der Waals surface area (Å²) >= 11 is 5.18. The molecule has 1 atom stereocenters. The highest BCUT2D eigenvalue weighted by Gasteiger charge is 2.17. The third kappa shape index (κ3) is 2.99. The summed E-state index contributed by atoms with van der Waals surface area (Å²) in [4.78, 5) is 1.15. The van der Waals surface area contributed by atoms with Gasteiger partial charge in [0, 0.05) is 4.88 Å². The Hall–Kier alpha value is -0.910. The minimum absolute atomic E-state index is 0.0181. The maximum absolute atomic E-state index is 13.8. The largest absolute Gasteiger partial charge is 0.494 e. The number of methoxy groups -OCH3 is 1. The van der Waals surface area contributed by atoms with Crippen molar-refractivity contribution in [1.29, 1.82) is 0 Å². The van der Waals surface area contributed by atoms with E-state index in [1.165, 1.54) is 18.7 Å². The average Bonchev–Trinajstić information content (AvgIpc) is 2.70. The summed E-state index contributed by atoms with van der Waals surface area (Å²) in [5.74, 6) is -0.0743. The van der Waals surface area contributed by atoms with Crippen LogP contribution < -0.4 is 10.1 Å². The molecule has 0 fully saturated rings. The first-order valence-corrected chi connectivity index (χ1v) is 7.44. The van der Waals surface area contributed by atoms with Gasteiger partial charge in [0.15, 0.2) is 11.6 Å². The van der Waals surface area contributed by atoms with Gasteiger partial charge in [-0.15, -0.1) is 11.3 Å². The highest BCUT2D eigenvalue weighted by molar-refractivity contribution is 9.11. The van der Waals surface area contributed by atoms with E-state index in [0.717, 1.165) is 14.2 Å².